The maximum Gasteiger partial charge on any atom is 0.00107 e. The smallest absolute Gasteiger partial charge is 0.00107 e. The second kappa shape index (κ2) is 2.71. The van der Waals surface area contributed by atoms with Crippen LogP contribution in [0.3, 0.4) is 0 Å². The van der Waals surface area contributed by atoms with E-state index in [1.165, 1.54) is 12.3 Å². The van der Waals surface area contributed by atoms with E-state index in [-0.39, 0.29) is 0 Å². The fraction of sp³-hybridized carbons (Fsp3) is 0.375. The van der Waals surface area contributed by atoms with Crippen LogP contribution in [0.5, 0.6) is 0 Å². The first-order chi connectivity index (χ1) is 3.93. The summed E-state index contributed by atoms with van der Waals surface area (Å²) >= 11 is 0. The fourth-order valence-electron chi connectivity index (χ4n) is 0.820. The zero-order valence-electron chi connectivity index (χ0n) is 5.22. The van der Waals surface area contributed by atoms with Crippen molar-refractivity contribution in [3.8, 4) is 0 Å². The lowest BCUT2D eigenvalue weighted by molar-refractivity contribution is 0.910. The van der Waals surface area contributed by atoms with E-state index in [9.17, 15) is 0 Å². The van der Waals surface area contributed by atoms with Crippen molar-refractivity contribution in [1.82, 2.24) is 0 Å². The number of rotatable bonds is 1. The summed E-state index contributed by atoms with van der Waals surface area (Å²) in [5, 5.41) is 0. The van der Waals surface area contributed by atoms with Crippen LogP contribution in [0, 0.1) is 5.92 Å². The average Bonchev–Trinajstić information content (AvgIpc) is 1.90. The molecule has 43 valence electrons. The number of hydrogen-bond donors (Lipinski definition) is 0. The molecule has 8 heavy (non-hydrogen) atoms. The second-order valence-electron chi connectivity index (χ2n) is 2.00. The monoisotopic (exact) mass is 107 g/mol. The Kier molecular flexibility index (Phi) is 1.90. The lowest BCUT2D eigenvalue weighted by Gasteiger charge is -2.06. The summed E-state index contributed by atoms with van der Waals surface area (Å²) < 4.78 is 0. The molecule has 0 aromatic rings. The van der Waals surface area contributed by atoms with Gasteiger partial charge >= 0.3 is 0 Å². The number of hydrogen-bond acceptors (Lipinski definition) is 0. The van der Waals surface area contributed by atoms with E-state index in [2.05, 4.69) is 31.2 Å². The topological polar surface area (TPSA) is 0 Å². The van der Waals surface area contributed by atoms with E-state index in [1.807, 2.05) is 0 Å². The Labute approximate surface area is 50.9 Å². The third kappa shape index (κ3) is 1.22. The van der Waals surface area contributed by atoms with E-state index in [1.54, 1.807) is 0 Å². The van der Waals surface area contributed by atoms with Crippen molar-refractivity contribution in [3.05, 3.63) is 30.2 Å². The zero-order valence-corrected chi connectivity index (χ0v) is 5.22. The van der Waals surface area contributed by atoms with Crippen molar-refractivity contribution in [2.45, 2.75) is 19.8 Å². The Morgan fingerprint density at radius 3 is 2.75 bits per heavy atom. The lowest BCUT2D eigenvalue weighted by atomic mass is 9.99. The predicted octanol–water partition coefficient (Wildman–Crippen LogP) is 2.49. The molecule has 0 aliphatic heterocycles. The molecule has 1 radical (unpaired) electrons. The van der Waals surface area contributed by atoms with Crippen molar-refractivity contribution in [2.75, 3.05) is 0 Å². The first-order valence-corrected chi connectivity index (χ1v) is 3.11. The van der Waals surface area contributed by atoms with Crippen LogP contribution in [0.15, 0.2) is 24.3 Å². The summed E-state index contributed by atoms with van der Waals surface area (Å²) in [6.45, 7) is 2.19. The molecule has 0 atom stereocenters. The molecule has 0 saturated carbocycles. The Balaban J connectivity index is 2.40. The largest absolute Gasteiger partial charge is 0.0837 e. The van der Waals surface area contributed by atoms with Gasteiger partial charge in [-0.3, -0.25) is 0 Å². The van der Waals surface area contributed by atoms with Gasteiger partial charge in [-0.1, -0.05) is 31.2 Å². The molecule has 1 aliphatic rings. The number of allylic oxidation sites excluding steroid dienone is 4. The summed E-state index contributed by atoms with van der Waals surface area (Å²) in [5.41, 5.74) is 0. The van der Waals surface area contributed by atoms with Gasteiger partial charge in [-0.25, -0.2) is 0 Å². The predicted molar refractivity (Wildman–Crippen MR) is 36.4 cm³/mol. The standard InChI is InChI=1S/C8H11/c1-2-8-6-4-3-5-7-8/h3-6H,2,7H2,1H3. The third-order valence-corrected chi connectivity index (χ3v) is 1.41. The molecule has 0 aromatic carbocycles. The highest BCUT2D eigenvalue weighted by molar-refractivity contribution is 5.22. The van der Waals surface area contributed by atoms with Crippen LogP contribution in [0.25, 0.3) is 0 Å². The maximum atomic E-state index is 2.19. The van der Waals surface area contributed by atoms with Crippen molar-refractivity contribution in [2.24, 2.45) is 0 Å². The first-order valence-electron chi connectivity index (χ1n) is 3.11. The molecule has 0 heteroatoms. The highest BCUT2D eigenvalue weighted by atomic mass is 14.0. The van der Waals surface area contributed by atoms with Crippen LogP contribution in [0.2, 0.25) is 0 Å². The lowest BCUT2D eigenvalue weighted by Crippen LogP contribution is -1.90. The van der Waals surface area contributed by atoms with Crippen LogP contribution in [-0.2, 0) is 0 Å². The first kappa shape index (κ1) is 5.61. The summed E-state index contributed by atoms with van der Waals surface area (Å²) in [6.07, 6.45) is 10.9. The summed E-state index contributed by atoms with van der Waals surface area (Å²) in [4.78, 5) is 0. The molecule has 0 saturated heterocycles. The zero-order chi connectivity index (χ0) is 5.82. The van der Waals surface area contributed by atoms with Gasteiger partial charge in [0.25, 0.3) is 0 Å². The highest BCUT2D eigenvalue weighted by Gasteiger charge is 1.99. The Morgan fingerprint density at radius 1 is 1.50 bits per heavy atom. The van der Waals surface area contributed by atoms with Crippen LogP contribution in [0.4, 0.5) is 0 Å². The molecule has 0 aromatic heterocycles. The quantitative estimate of drug-likeness (QED) is 0.483. The van der Waals surface area contributed by atoms with Gasteiger partial charge in [0.05, 0.1) is 0 Å². The van der Waals surface area contributed by atoms with Gasteiger partial charge in [-0.2, -0.15) is 0 Å². The molecule has 0 bridgehead atoms. The molecule has 0 spiro atoms. The van der Waals surface area contributed by atoms with Crippen molar-refractivity contribution >= 4 is 0 Å². The molecule has 0 amide bonds. The molecular formula is C8H11. The van der Waals surface area contributed by atoms with Crippen molar-refractivity contribution < 1.29 is 0 Å². The minimum absolute atomic E-state index is 1.16. The summed E-state index contributed by atoms with van der Waals surface area (Å²) in [6, 6.07) is 0. The molecule has 0 nitrogen and oxygen atoms in total. The third-order valence-electron chi connectivity index (χ3n) is 1.41. The summed E-state index contributed by atoms with van der Waals surface area (Å²) in [7, 11) is 0. The van der Waals surface area contributed by atoms with Crippen molar-refractivity contribution in [1.29, 1.82) is 0 Å². The van der Waals surface area contributed by atoms with Gasteiger partial charge in [-0.05, 0) is 12.8 Å². The Bertz CT molecular complexity index is 109. The van der Waals surface area contributed by atoms with Gasteiger partial charge < -0.3 is 0 Å². The van der Waals surface area contributed by atoms with E-state index in [4.69, 9.17) is 0 Å². The average molecular weight is 107 g/mol. The molecule has 0 heterocycles. The van der Waals surface area contributed by atoms with Crippen molar-refractivity contribution in [3.63, 3.8) is 0 Å². The van der Waals surface area contributed by atoms with Gasteiger partial charge in [-0.15, -0.1) is 0 Å². The van der Waals surface area contributed by atoms with E-state index < -0.39 is 0 Å². The maximum absolute atomic E-state index is 2.19. The highest BCUT2D eigenvalue weighted by Crippen LogP contribution is 2.16. The minimum Gasteiger partial charge on any atom is -0.0837 e. The van der Waals surface area contributed by atoms with Gasteiger partial charge in [0.2, 0.25) is 0 Å². The van der Waals surface area contributed by atoms with Gasteiger partial charge in [0.15, 0.2) is 0 Å². The van der Waals surface area contributed by atoms with E-state index in [0.717, 1.165) is 6.42 Å². The van der Waals surface area contributed by atoms with Crippen LogP contribution in [0.1, 0.15) is 19.8 Å². The van der Waals surface area contributed by atoms with E-state index >= 15 is 0 Å². The Morgan fingerprint density at radius 2 is 2.38 bits per heavy atom. The normalized spacial score (nSPS) is 19.6. The van der Waals surface area contributed by atoms with Crippen LogP contribution >= 0.6 is 0 Å². The fourth-order valence-corrected chi connectivity index (χ4v) is 0.820. The summed E-state index contributed by atoms with van der Waals surface area (Å²) in [5.74, 6) is 1.53. The second-order valence-corrected chi connectivity index (χ2v) is 2.00. The molecule has 1 rings (SSSR count). The molecular weight excluding hydrogens is 96.1 g/mol. The van der Waals surface area contributed by atoms with Gasteiger partial charge in [0.1, 0.15) is 0 Å². The Hall–Kier alpha value is -0.520. The van der Waals surface area contributed by atoms with E-state index in [0.29, 0.717) is 0 Å². The van der Waals surface area contributed by atoms with Gasteiger partial charge in [0, 0.05) is 5.92 Å². The molecule has 1 aliphatic carbocycles. The van der Waals surface area contributed by atoms with Crippen LogP contribution in [-0.4, -0.2) is 0 Å². The molecule has 0 fully saturated rings. The van der Waals surface area contributed by atoms with Crippen LogP contribution < -0.4 is 0 Å². The minimum atomic E-state index is 1.16. The molecule has 0 unspecified atom stereocenters. The SMILES string of the molecule is CC[C]1C=CC=CC1. The molecule has 0 N–H and O–H groups in total.